The molecule has 0 radical (unpaired) electrons. The van der Waals surface area contributed by atoms with Crippen molar-refractivity contribution in [2.45, 2.75) is 25.5 Å². The minimum atomic E-state index is -0.504. The Morgan fingerprint density at radius 3 is 2.68 bits per heavy atom. The molecule has 190 valence electrons. The molecule has 0 saturated carbocycles. The van der Waals surface area contributed by atoms with Crippen LogP contribution < -0.4 is 5.32 Å². The zero-order chi connectivity index (χ0) is 26.5. The van der Waals surface area contributed by atoms with Crippen LogP contribution in [-0.2, 0) is 16.1 Å². The lowest BCUT2D eigenvalue weighted by Crippen LogP contribution is -2.16. The molecule has 0 aliphatic heterocycles. The van der Waals surface area contributed by atoms with Gasteiger partial charge in [0.25, 0.3) is 0 Å². The van der Waals surface area contributed by atoms with Gasteiger partial charge in [-0.1, -0.05) is 65.3 Å². The summed E-state index contributed by atoms with van der Waals surface area (Å²) < 4.78 is 6.90. The van der Waals surface area contributed by atoms with Gasteiger partial charge in [0, 0.05) is 23.1 Å². The first-order chi connectivity index (χ1) is 17.8. The highest BCUT2D eigenvalue weighted by Crippen LogP contribution is 2.38. The zero-order valence-electron chi connectivity index (χ0n) is 20.6. The summed E-state index contributed by atoms with van der Waals surface area (Å²) in [6.45, 7) is 8.25. The van der Waals surface area contributed by atoms with Crippen LogP contribution in [0.2, 0.25) is 5.02 Å². The molecule has 0 aliphatic rings. The molecular formula is C27H25ClN4O3S2. The van der Waals surface area contributed by atoms with Gasteiger partial charge < -0.3 is 10.1 Å². The number of thioether (sulfide) groups is 1. The van der Waals surface area contributed by atoms with Crippen LogP contribution >= 0.6 is 34.7 Å². The Balaban J connectivity index is 1.56. The first-order valence-corrected chi connectivity index (χ1v) is 13.6. The molecule has 10 heteroatoms. The summed E-state index contributed by atoms with van der Waals surface area (Å²) in [6, 6.07) is 13.4. The second-order valence-corrected chi connectivity index (χ2v) is 10.4. The number of halogens is 1. The van der Waals surface area contributed by atoms with Crippen LogP contribution in [0.4, 0.5) is 5.00 Å². The van der Waals surface area contributed by atoms with E-state index in [-0.39, 0.29) is 11.7 Å². The van der Waals surface area contributed by atoms with Crippen molar-refractivity contribution in [3.8, 4) is 22.5 Å². The molecule has 1 N–H and O–H groups in total. The van der Waals surface area contributed by atoms with Crippen molar-refractivity contribution >= 4 is 51.6 Å². The van der Waals surface area contributed by atoms with Gasteiger partial charge >= 0.3 is 5.97 Å². The van der Waals surface area contributed by atoms with Crippen LogP contribution in [0.1, 0.15) is 21.5 Å². The summed E-state index contributed by atoms with van der Waals surface area (Å²) in [6.07, 6.45) is 1.73. The van der Waals surface area contributed by atoms with Crippen LogP contribution in [-0.4, -0.2) is 39.5 Å². The van der Waals surface area contributed by atoms with E-state index in [9.17, 15) is 9.59 Å². The van der Waals surface area contributed by atoms with Crippen molar-refractivity contribution in [1.29, 1.82) is 0 Å². The fraction of sp³-hybridized carbons (Fsp3) is 0.185. The number of hydrogen-bond donors (Lipinski definition) is 1. The van der Waals surface area contributed by atoms with Gasteiger partial charge in [-0.05, 0) is 37.1 Å². The SMILES string of the molecule is C=CCn1c(SCC(=O)Nc2scc(-c3cc(C)ccc3C)c2C(=O)OC)nnc1-c1ccccc1Cl. The number of nitrogens with one attached hydrogen (secondary N) is 1. The third-order valence-corrected chi connectivity index (χ3v) is 7.78. The summed E-state index contributed by atoms with van der Waals surface area (Å²) in [5.74, 6) is -0.125. The van der Waals surface area contributed by atoms with Crippen molar-refractivity contribution in [2.24, 2.45) is 0 Å². The maximum Gasteiger partial charge on any atom is 0.341 e. The number of benzene rings is 2. The molecule has 7 nitrogen and oxygen atoms in total. The molecule has 0 spiro atoms. The number of amides is 1. The van der Waals surface area contributed by atoms with E-state index >= 15 is 0 Å². The van der Waals surface area contributed by atoms with E-state index in [1.807, 2.05) is 60.2 Å². The number of esters is 1. The quantitative estimate of drug-likeness (QED) is 0.142. The number of thiophene rings is 1. The van der Waals surface area contributed by atoms with E-state index in [1.165, 1.54) is 30.2 Å². The average molecular weight is 553 g/mol. The monoisotopic (exact) mass is 552 g/mol. The maximum atomic E-state index is 12.9. The minimum Gasteiger partial charge on any atom is -0.465 e. The number of ether oxygens (including phenoxy) is 1. The summed E-state index contributed by atoms with van der Waals surface area (Å²) in [5, 5.41) is 14.9. The minimum absolute atomic E-state index is 0.0646. The first kappa shape index (κ1) is 26.7. The Hall–Kier alpha value is -3.40. The second-order valence-electron chi connectivity index (χ2n) is 8.19. The van der Waals surface area contributed by atoms with Crippen LogP contribution in [0.5, 0.6) is 0 Å². The molecule has 4 rings (SSSR count). The van der Waals surface area contributed by atoms with Gasteiger partial charge in [-0.15, -0.1) is 28.1 Å². The number of aryl methyl sites for hydroxylation is 2. The predicted molar refractivity (Wildman–Crippen MR) is 151 cm³/mol. The Kier molecular flexibility index (Phi) is 8.48. The molecule has 2 heterocycles. The number of methoxy groups -OCH3 is 1. The molecule has 2 aromatic carbocycles. The third-order valence-electron chi connectivity index (χ3n) is 5.59. The lowest BCUT2D eigenvalue weighted by Gasteiger charge is -2.11. The number of carbonyl (C=O) groups excluding carboxylic acids is 2. The maximum absolute atomic E-state index is 12.9. The summed E-state index contributed by atoms with van der Waals surface area (Å²) in [5.41, 5.74) is 4.85. The average Bonchev–Trinajstić information content (AvgIpc) is 3.48. The van der Waals surface area contributed by atoms with Gasteiger partial charge in [-0.3, -0.25) is 9.36 Å². The van der Waals surface area contributed by atoms with Crippen LogP contribution in [0.3, 0.4) is 0 Å². The van der Waals surface area contributed by atoms with E-state index in [4.69, 9.17) is 16.3 Å². The number of nitrogens with zero attached hydrogens (tertiary/aromatic N) is 3. The van der Waals surface area contributed by atoms with Crippen molar-refractivity contribution in [3.63, 3.8) is 0 Å². The van der Waals surface area contributed by atoms with Crippen molar-refractivity contribution in [3.05, 3.63) is 82.2 Å². The molecule has 0 unspecified atom stereocenters. The molecule has 0 atom stereocenters. The van der Waals surface area contributed by atoms with Gasteiger partial charge in [0.05, 0.1) is 17.9 Å². The molecule has 37 heavy (non-hydrogen) atoms. The fourth-order valence-corrected chi connectivity index (χ4v) is 5.74. The number of aromatic nitrogens is 3. The Labute approximate surface area is 228 Å². The Morgan fingerprint density at radius 1 is 1.16 bits per heavy atom. The second kappa shape index (κ2) is 11.8. The van der Waals surface area contributed by atoms with E-state index < -0.39 is 5.97 Å². The molecule has 0 bridgehead atoms. The summed E-state index contributed by atoms with van der Waals surface area (Å²) in [4.78, 5) is 25.7. The van der Waals surface area contributed by atoms with Crippen molar-refractivity contribution in [1.82, 2.24) is 14.8 Å². The lowest BCUT2D eigenvalue weighted by molar-refractivity contribution is -0.113. The molecular weight excluding hydrogens is 528 g/mol. The van der Waals surface area contributed by atoms with Gasteiger partial charge in [0.15, 0.2) is 11.0 Å². The number of anilines is 1. The predicted octanol–water partition coefficient (Wildman–Crippen LogP) is 6.65. The molecule has 1 amide bonds. The van der Waals surface area contributed by atoms with Crippen LogP contribution in [0.25, 0.3) is 22.5 Å². The van der Waals surface area contributed by atoms with Gasteiger partial charge in [0.2, 0.25) is 5.91 Å². The van der Waals surface area contributed by atoms with E-state index in [2.05, 4.69) is 22.1 Å². The van der Waals surface area contributed by atoms with Gasteiger partial charge in [-0.2, -0.15) is 0 Å². The summed E-state index contributed by atoms with van der Waals surface area (Å²) >= 11 is 8.89. The van der Waals surface area contributed by atoms with Crippen molar-refractivity contribution in [2.75, 3.05) is 18.2 Å². The Bertz CT molecular complexity index is 1480. The standard InChI is InChI=1S/C27H25ClN4O3S2/c1-5-12-32-24(18-8-6-7-9-21(18)28)30-31-27(32)37-15-22(33)29-25-23(26(34)35-4)20(14-36-25)19-13-16(2)10-11-17(19)3/h5-11,13-14H,1,12,15H2,2-4H3,(H,29,33). The number of rotatable bonds is 9. The van der Waals surface area contributed by atoms with Crippen molar-refractivity contribution < 1.29 is 14.3 Å². The molecule has 2 aromatic heterocycles. The smallest absolute Gasteiger partial charge is 0.341 e. The number of allylic oxidation sites excluding steroid dienone is 1. The highest BCUT2D eigenvalue weighted by molar-refractivity contribution is 7.99. The largest absolute Gasteiger partial charge is 0.465 e. The zero-order valence-corrected chi connectivity index (χ0v) is 23.0. The third kappa shape index (κ3) is 5.79. The first-order valence-electron chi connectivity index (χ1n) is 11.3. The van der Waals surface area contributed by atoms with E-state index in [0.717, 1.165) is 27.8 Å². The molecule has 0 aliphatic carbocycles. The highest BCUT2D eigenvalue weighted by Gasteiger charge is 2.24. The lowest BCUT2D eigenvalue weighted by atomic mass is 9.97. The molecule has 0 saturated heterocycles. The molecule has 0 fully saturated rings. The fourth-order valence-electron chi connectivity index (χ4n) is 3.80. The normalized spacial score (nSPS) is 10.8. The number of carbonyl (C=O) groups is 2. The topological polar surface area (TPSA) is 86.1 Å². The summed E-state index contributed by atoms with van der Waals surface area (Å²) in [7, 11) is 1.33. The Morgan fingerprint density at radius 2 is 1.95 bits per heavy atom. The highest BCUT2D eigenvalue weighted by atomic mass is 35.5. The van der Waals surface area contributed by atoms with Crippen LogP contribution in [0.15, 0.2) is 65.7 Å². The number of hydrogen-bond acceptors (Lipinski definition) is 7. The van der Waals surface area contributed by atoms with E-state index in [1.54, 1.807) is 12.1 Å². The van der Waals surface area contributed by atoms with Gasteiger partial charge in [0.1, 0.15) is 10.6 Å². The molecule has 4 aromatic rings. The van der Waals surface area contributed by atoms with Crippen LogP contribution in [0, 0.1) is 13.8 Å². The van der Waals surface area contributed by atoms with E-state index in [0.29, 0.717) is 33.1 Å². The van der Waals surface area contributed by atoms with Gasteiger partial charge in [-0.25, -0.2) is 4.79 Å².